The molecule has 0 saturated heterocycles. The predicted molar refractivity (Wildman–Crippen MR) is 111 cm³/mol. The monoisotopic (exact) mass is 390 g/mol. The van der Waals surface area contributed by atoms with Crippen molar-refractivity contribution in [1.82, 2.24) is 5.32 Å². The van der Waals surface area contributed by atoms with Crippen molar-refractivity contribution in [3.05, 3.63) is 23.8 Å². The van der Waals surface area contributed by atoms with Gasteiger partial charge < -0.3 is 26.8 Å². The van der Waals surface area contributed by atoms with Crippen molar-refractivity contribution in [2.45, 2.75) is 70.3 Å². The van der Waals surface area contributed by atoms with Crippen molar-refractivity contribution in [1.29, 1.82) is 0 Å². The number of benzene rings is 1. The Morgan fingerprint density at radius 3 is 2.46 bits per heavy atom. The van der Waals surface area contributed by atoms with Crippen molar-refractivity contribution >= 4 is 17.6 Å². The lowest BCUT2D eigenvalue weighted by Gasteiger charge is -2.18. The van der Waals surface area contributed by atoms with Crippen LogP contribution < -0.4 is 26.8 Å². The number of rotatable bonds is 10. The normalized spacial score (nSPS) is 16.2. The zero-order chi connectivity index (χ0) is 20.4. The molecule has 3 amide bonds. The summed E-state index contributed by atoms with van der Waals surface area (Å²) in [6, 6.07) is 5.16. The van der Waals surface area contributed by atoms with Gasteiger partial charge in [-0.1, -0.05) is 39.0 Å². The Kier molecular flexibility index (Phi) is 9.07. The molecule has 1 aromatic carbocycles. The van der Waals surface area contributed by atoms with Crippen molar-refractivity contribution in [2.75, 3.05) is 18.5 Å². The number of carbonyl (C=O) groups is 2. The van der Waals surface area contributed by atoms with E-state index in [0.717, 1.165) is 18.5 Å². The Balaban J connectivity index is 2.01. The minimum absolute atomic E-state index is 0.390. The Bertz CT molecular complexity index is 643. The van der Waals surface area contributed by atoms with Crippen LogP contribution in [0.5, 0.6) is 5.75 Å². The molecule has 1 unspecified atom stereocenters. The van der Waals surface area contributed by atoms with Crippen molar-refractivity contribution in [3.8, 4) is 5.75 Å². The molecule has 28 heavy (non-hydrogen) atoms. The average Bonchev–Trinajstić information content (AvgIpc) is 2.91. The quantitative estimate of drug-likeness (QED) is 0.362. The standard InChI is InChI=1S/C21H34N4O3/c1-2-7-19(20(22)26)15-12-17(25-21(23)27)14-18(13-15)28-11-10-24-16-8-5-3-4-6-9-16/h12-14,16,19,24H,2-11H2,1H3,(H2,22,26)(H3,23,25,27). The fraction of sp³-hybridized carbons (Fsp3) is 0.619. The van der Waals surface area contributed by atoms with E-state index in [0.29, 0.717) is 30.5 Å². The summed E-state index contributed by atoms with van der Waals surface area (Å²) < 4.78 is 5.89. The van der Waals surface area contributed by atoms with Crippen molar-refractivity contribution in [2.24, 2.45) is 11.5 Å². The van der Waals surface area contributed by atoms with Gasteiger partial charge in [0.15, 0.2) is 0 Å². The summed E-state index contributed by atoms with van der Waals surface area (Å²) in [7, 11) is 0. The maximum Gasteiger partial charge on any atom is 0.316 e. The van der Waals surface area contributed by atoms with Gasteiger partial charge in [-0.2, -0.15) is 0 Å². The molecule has 1 atom stereocenters. The molecule has 0 aromatic heterocycles. The lowest BCUT2D eigenvalue weighted by molar-refractivity contribution is -0.119. The van der Waals surface area contributed by atoms with E-state index in [1.54, 1.807) is 12.1 Å². The molecule has 0 aliphatic heterocycles. The molecule has 1 aliphatic carbocycles. The average molecular weight is 391 g/mol. The maximum absolute atomic E-state index is 11.9. The third-order valence-electron chi connectivity index (χ3n) is 5.18. The zero-order valence-corrected chi connectivity index (χ0v) is 16.8. The summed E-state index contributed by atoms with van der Waals surface area (Å²) in [5.41, 5.74) is 12.0. The SMILES string of the molecule is CCCC(C(N)=O)c1cc(NC(N)=O)cc(OCCNC2CCCCCC2)c1. The second kappa shape index (κ2) is 11.5. The molecular weight excluding hydrogens is 356 g/mol. The number of nitrogens with one attached hydrogen (secondary N) is 2. The smallest absolute Gasteiger partial charge is 0.316 e. The minimum atomic E-state index is -0.663. The van der Waals surface area contributed by atoms with Crippen molar-refractivity contribution < 1.29 is 14.3 Å². The summed E-state index contributed by atoms with van der Waals surface area (Å²) >= 11 is 0. The van der Waals surface area contributed by atoms with E-state index >= 15 is 0 Å². The zero-order valence-electron chi connectivity index (χ0n) is 16.8. The number of anilines is 1. The first-order valence-corrected chi connectivity index (χ1v) is 10.4. The van der Waals surface area contributed by atoms with Crippen LogP contribution in [0.3, 0.4) is 0 Å². The summed E-state index contributed by atoms with van der Waals surface area (Å²) in [5.74, 6) is -0.226. The van der Waals surface area contributed by atoms with E-state index in [4.69, 9.17) is 16.2 Å². The van der Waals surface area contributed by atoms with Crippen LogP contribution in [0.15, 0.2) is 18.2 Å². The molecule has 0 radical (unpaired) electrons. The van der Waals surface area contributed by atoms with Gasteiger partial charge in [0.1, 0.15) is 12.4 Å². The van der Waals surface area contributed by atoms with Gasteiger partial charge in [-0.05, 0) is 37.0 Å². The number of hydrogen-bond donors (Lipinski definition) is 4. The molecule has 1 saturated carbocycles. The van der Waals surface area contributed by atoms with Crippen molar-refractivity contribution in [3.63, 3.8) is 0 Å². The Morgan fingerprint density at radius 1 is 1.14 bits per heavy atom. The van der Waals surface area contributed by atoms with E-state index in [1.807, 2.05) is 13.0 Å². The maximum atomic E-state index is 11.9. The second-order valence-corrected chi connectivity index (χ2v) is 7.51. The molecule has 156 valence electrons. The van der Waals surface area contributed by atoms with Gasteiger partial charge in [-0.25, -0.2) is 4.79 Å². The van der Waals surface area contributed by atoms with Crippen LogP contribution in [0.4, 0.5) is 10.5 Å². The molecule has 2 rings (SSSR count). The summed E-state index contributed by atoms with van der Waals surface area (Å²) in [5, 5.41) is 6.13. The Morgan fingerprint density at radius 2 is 1.86 bits per heavy atom. The molecule has 1 aromatic rings. The molecule has 0 heterocycles. The third kappa shape index (κ3) is 7.38. The van der Waals surface area contributed by atoms with Crippen LogP contribution in [0, 0.1) is 0 Å². The number of ether oxygens (including phenoxy) is 1. The topological polar surface area (TPSA) is 119 Å². The summed E-state index contributed by atoms with van der Waals surface area (Å²) in [6.07, 6.45) is 9.13. The predicted octanol–water partition coefficient (Wildman–Crippen LogP) is 3.24. The van der Waals surface area contributed by atoms with Gasteiger partial charge in [0.2, 0.25) is 5.91 Å². The summed E-state index contributed by atoms with van der Waals surface area (Å²) in [4.78, 5) is 23.1. The number of urea groups is 1. The van der Waals surface area contributed by atoms with Gasteiger partial charge in [-0.15, -0.1) is 0 Å². The molecule has 7 heteroatoms. The first-order valence-electron chi connectivity index (χ1n) is 10.4. The van der Waals surface area contributed by atoms with Gasteiger partial charge in [0.25, 0.3) is 0 Å². The summed E-state index contributed by atoms with van der Waals surface area (Å²) in [6.45, 7) is 3.25. The molecular formula is C21H34N4O3. The fourth-order valence-electron chi connectivity index (χ4n) is 3.80. The lowest BCUT2D eigenvalue weighted by Crippen LogP contribution is -2.32. The fourth-order valence-corrected chi connectivity index (χ4v) is 3.80. The first-order chi connectivity index (χ1) is 13.5. The van der Waals surface area contributed by atoms with Gasteiger partial charge >= 0.3 is 6.03 Å². The molecule has 0 spiro atoms. The number of primary amides is 2. The largest absolute Gasteiger partial charge is 0.492 e. The van der Waals surface area contributed by atoms with Gasteiger partial charge in [-0.3, -0.25) is 4.79 Å². The molecule has 1 aliphatic rings. The van der Waals surface area contributed by atoms with Crippen LogP contribution in [0.1, 0.15) is 69.8 Å². The molecule has 7 nitrogen and oxygen atoms in total. The highest BCUT2D eigenvalue weighted by Crippen LogP contribution is 2.29. The molecule has 6 N–H and O–H groups in total. The lowest BCUT2D eigenvalue weighted by atomic mass is 9.93. The minimum Gasteiger partial charge on any atom is -0.492 e. The van der Waals surface area contributed by atoms with Gasteiger partial charge in [0, 0.05) is 24.3 Å². The number of nitrogens with two attached hydrogens (primary N) is 2. The molecule has 1 fully saturated rings. The van der Waals surface area contributed by atoms with E-state index < -0.39 is 11.9 Å². The highest BCUT2D eigenvalue weighted by molar-refractivity contribution is 5.89. The van der Waals surface area contributed by atoms with E-state index in [-0.39, 0.29) is 5.91 Å². The Labute approximate surface area is 167 Å². The van der Waals surface area contributed by atoms with E-state index in [9.17, 15) is 9.59 Å². The van der Waals surface area contributed by atoms with Crippen LogP contribution in [0.2, 0.25) is 0 Å². The first kappa shape index (κ1) is 22.0. The van der Waals surface area contributed by atoms with Gasteiger partial charge in [0.05, 0.1) is 5.92 Å². The van der Waals surface area contributed by atoms with E-state index in [2.05, 4.69) is 10.6 Å². The Hall–Kier alpha value is -2.28. The second-order valence-electron chi connectivity index (χ2n) is 7.51. The van der Waals surface area contributed by atoms with Crippen LogP contribution in [0.25, 0.3) is 0 Å². The van der Waals surface area contributed by atoms with E-state index in [1.165, 1.54) is 38.5 Å². The number of carbonyl (C=O) groups excluding carboxylic acids is 2. The van der Waals surface area contributed by atoms with Crippen LogP contribution >= 0.6 is 0 Å². The number of hydrogen-bond acceptors (Lipinski definition) is 4. The van der Waals surface area contributed by atoms with Crippen LogP contribution in [-0.4, -0.2) is 31.1 Å². The molecule has 0 bridgehead atoms. The van der Waals surface area contributed by atoms with Crippen LogP contribution in [-0.2, 0) is 4.79 Å². The number of amides is 3. The third-order valence-corrected chi connectivity index (χ3v) is 5.18. The highest BCUT2D eigenvalue weighted by atomic mass is 16.5. The highest BCUT2D eigenvalue weighted by Gasteiger charge is 2.19.